The highest BCUT2D eigenvalue weighted by Gasteiger charge is 2.30. The Bertz CT molecular complexity index is 1180. The number of rotatable bonds is 3. The zero-order valence-electron chi connectivity index (χ0n) is 18.9. The number of fused-ring (bicyclic) bond motifs is 2. The smallest absolute Gasteiger partial charge is 0.346 e. The second-order valence-corrected chi connectivity index (χ2v) is 8.96. The first-order valence-electron chi connectivity index (χ1n) is 11.4. The third kappa shape index (κ3) is 4.45. The van der Waals surface area contributed by atoms with Gasteiger partial charge in [0.1, 0.15) is 17.8 Å². The predicted octanol–water partition coefficient (Wildman–Crippen LogP) is 3.04. The molecule has 1 saturated heterocycles. The van der Waals surface area contributed by atoms with E-state index in [4.69, 9.17) is 30.5 Å². The minimum Gasteiger partial charge on any atom is -0.467 e. The van der Waals surface area contributed by atoms with Crippen LogP contribution in [0.25, 0.3) is 0 Å². The molecule has 0 unspecified atom stereocenters. The maximum absolute atomic E-state index is 12.8. The summed E-state index contributed by atoms with van der Waals surface area (Å²) in [6.45, 7) is 4.07. The van der Waals surface area contributed by atoms with Crippen molar-refractivity contribution in [3.63, 3.8) is 0 Å². The van der Waals surface area contributed by atoms with E-state index in [0.29, 0.717) is 39.4 Å². The maximum atomic E-state index is 12.8. The van der Waals surface area contributed by atoms with Gasteiger partial charge >= 0.3 is 6.03 Å². The van der Waals surface area contributed by atoms with Crippen molar-refractivity contribution >= 4 is 17.6 Å². The Hall–Kier alpha value is -3.18. The van der Waals surface area contributed by atoms with Crippen molar-refractivity contribution < 1.29 is 23.7 Å². The topological polar surface area (TPSA) is 91.2 Å². The summed E-state index contributed by atoms with van der Waals surface area (Å²) in [5.74, 6) is 1.71. The first-order chi connectivity index (χ1) is 17.2. The average Bonchev–Trinajstić information content (AvgIpc) is 3.35. The summed E-state index contributed by atoms with van der Waals surface area (Å²) in [4.78, 5) is 20.8. The van der Waals surface area contributed by atoms with E-state index in [0.717, 1.165) is 33.8 Å². The van der Waals surface area contributed by atoms with E-state index in [9.17, 15) is 4.79 Å². The maximum Gasteiger partial charge on any atom is 0.346 e. The Morgan fingerprint density at radius 1 is 0.886 bits per heavy atom. The number of carbonyl (C=O) groups is 1. The molecule has 0 saturated carbocycles. The van der Waals surface area contributed by atoms with Gasteiger partial charge < -0.3 is 23.8 Å². The van der Waals surface area contributed by atoms with Gasteiger partial charge in [0.25, 0.3) is 0 Å². The van der Waals surface area contributed by atoms with Crippen LogP contribution < -0.4 is 9.47 Å². The predicted molar refractivity (Wildman–Crippen MR) is 124 cm³/mol. The van der Waals surface area contributed by atoms with Crippen molar-refractivity contribution in [3.8, 4) is 11.5 Å². The van der Waals surface area contributed by atoms with E-state index >= 15 is 0 Å². The van der Waals surface area contributed by atoms with Crippen LogP contribution >= 0.6 is 11.6 Å². The molecule has 1 fully saturated rings. The van der Waals surface area contributed by atoms with Crippen LogP contribution in [0.1, 0.15) is 28.3 Å². The van der Waals surface area contributed by atoms with Gasteiger partial charge in [-0.2, -0.15) is 4.68 Å². The zero-order chi connectivity index (χ0) is 23.8. The number of ether oxygens (including phenoxy) is 4. The summed E-state index contributed by atoms with van der Waals surface area (Å²) in [5.41, 5.74) is 4.33. The van der Waals surface area contributed by atoms with Crippen LogP contribution in [0.5, 0.6) is 11.5 Å². The molecule has 0 spiro atoms. The Labute approximate surface area is 206 Å². The number of piperazine rings is 1. The van der Waals surface area contributed by atoms with Gasteiger partial charge in [0, 0.05) is 37.3 Å². The van der Waals surface area contributed by atoms with E-state index in [1.54, 1.807) is 4.90 Å². The number of amides is 1. The van der Waals surface area contributed by atoms with Crippen LogP contribution in [0.3, 0.4) is 0 Å². The minimum atomic E-state index is -0.230. The van der Waals surface area contributed by atoms with Gasteiger partial charge in [-0.05, 0) is 47.0 Å². The molecular formula is C24H24ClN5O5. The Balaban J connectivity index is 1.29. The van der Waals surface area contributed by atoms with E-state index < -0.39 is 0 Å². The first-order valence-corrected chi connectivity index (χ1v) is 11.8. The highest BCUT2D eigenvalue weighted by atomic mass is 35.5. The van der Waals surface area contributed by atoms with Crippen LogP contribution in [0.15, 0.2) is 42.7 Å². The highest BCUT2D eigenvalue weighted by Crippen LogP contribution is 2.36. The van der Waals surface area contributed by atoms with Crippen LogP contribution in [-0.2, 0) is 22.7 Å². The number of aromatic nitrogens is 3. The number of benzene rings is 2. The van der Waals surface area contributed by atoms with Gasteiger partial charge in [0.05, 0.1) is 19.3 Å². The Kier molecular flexibility index (Phi) is 6.03. The summed E-state index contributed by atoms with van der Waals surface area (Å²) in [5, 5.41) is 3.99. The molecule has 1 amide bonds. The molecule has 10 nitrogen and oxygen atoms in total. The molecule has 3 aliphatic rings. The van der Waals surface area contributed by atoms with E-state index in [1.165, 1.54) is 11.0 Å². The van der Waals surface area contributed by atoms with Crippen molar-refractivity contribution in [2.24, 2.45) is 0 Å². The largest absolute Gasteiger partial charge is 0.467 e. The second-order valence-electron chi connectivity index (χ2n) is 8.62. The van der Waals surface area contributed by atoms with Gasteiger partial charge in [-0.3, -0.25) is 4.90 Å². The highest BCUT2D eigenvalue weighted by molar-refractivity contribution is 6.28. The SMILES string of the molecule is O=C(N1CCN(C(c2ccc3c(c2)COCO3)c2ccc3c(c2)COCO3)CC1)n1cnc(Cl)n1. The molecule has 0 aliphatic carbocycles. The monoisotopic (exact) mass is 497 g/mol. The third-order valence-electron chi connectivity index (χ3n) is 6.52. The van der Waals surface area contributed by atoms with E-state index in [-0.39, 0.29) is 30.9 Å². The lowest BCUT2D eigenvalue weighted by Gasteiger charge is -2.40. The van der Waals surface area contributed by atoms with Crippen LogP contribution in [-0.4, -0.2) is 70.4 Å². The van der Waals surface area contributed by atoms with Crippen LogP contribution in [0.2, 0.25) is 5.28 Å². The molecule has 35 heavy (non-hydrogen) atoms. The van der Waals surface area contributed by atoms with Crippen molar-refractivity contribution in [3.05, 3.63) is 70.3 Å². The molecule has 11 heteroatoms. The molecule has 0 atom stereocenters. The van der Waals surface area contributed by atoms with Gasteiger partial charge in [0.2, 0.25) is 5.28 Å². The molecule has 1 aromatic heterocycles. The molecule has 0 N–H and O–H groups in total. The zero-order valence-corrected chi connectivity index (χ0v) is 19.7. The Morgan fingerprint density at radius 2 is 1.49 bits per heavy atom. The fourth-order valence-electron chi connectivity index (χ4n) is 4.83. The molecule has 0 radical (unpaired) electrons. The lowest BCUT2D eigenvalue weighted by Crippen LogP contribution is -2.51. The van der Waals surface area contributed by atoms with Gasteiger partial charge in [0.15, 0.2) is 13.6 Å². The van der Waals surface area contributed by atoms with E-state index in [2.05, 4.69) is 39.2 Å². The molecule has 3 aliphatic heterocycles. The van der Waals surface area contributed by atoms with Gasteiger partial charge in [-0.25, -0.2) is 9.78 Å². The minimum absolute atomic E-state index is 0.0208. The molecule has 4 heterocycles. The third-order valence-corrected chi connectivity index (χ3v) is 6.69. The lowest BCUT2D eigenvalue weighted by atomic mass is 9.93. The summed E-state index contributed by atoms with van der Waals surface area (Å²) in [6, 6.07) is 12.3. The Morgan fingerprint density at radius 3 is 2.03 bits per heavy atom. The van der Waals surface area contributed by atoms with Gasteiger partial charge in [-0.15, -0.1) is 5.10 Å². The molecule has 2 aromatic carbocycles. The average molecular weight is 498 g/mol. The molecule has 6 rings (SSSR count). The van der Waals surface area contributed by atoms with Crippen molar-refractivity contribution in [2.45, 2.75) is 19.3 Å². The van der Waals surface area contributed by atoms with Crippen molar-refractivity contribution in [1.29, 1.82) is 0 Å². The normalized spacial score (nSPS) is 17.9. The number of nitrogens with zero attached hydrogens (tertiary/aromatic N) is 5. The van der Waals surface area contributed by atoms with Crippen molar-refractivity contribution in [1.82, 2.24) is 24.6 Å². The quantitative estimate of drug-likeness (QED) is 0.545. The number of hydrogen-bond donors (Lipinski definition) is 0. The molecule has 0 bridgehead atoms. The number of halogens is 1. The van der Waals surface area contributed by atoms with Crippen LogP contribution in [0, 0.1) is 0 Å². The fraction of sp³-hybridized carbons (Fsp3) is 0.375. The number of carbonyl (C=O) groups excluding carboxylic acids is 1. The fourth-order valence-corrected chi connectivity index (χ4v) is 4.95. The standard InChI is InChI=1S/C24H24ClN5O5/c25-23-26-13-30(27-23)24(31)29-7-5-28(6-8-29)22(16-1-3-20-18(9-16)11-32-14-34-20)17-2-4-21-19(10-17)12-33-15-35-21/h1-4,9-10,13,22H,5-8,11-12,14-15H2. The number of hydrogen-bond acceptors (Lipinski definition) is 8. The second kappa shape index (κ2) is 9.46. The molecular weight excluding hydrogens is 474 g/mol. The summed E-state index contributed by atoms with van der Waals surface area (Å²) in [7, 11) is 0. The van der Waals surface area contributed by atoms with E-state index in [1.807, 2.05) is 12.1 Å². The summed E-state index contributed by atoms with van der Waals surface area (Å²) in [6.07, 6.45) is 1.34. The molecule has 182 valence electrons. The first kappa shape index (κ1) is 22.3. The lowest BCUT2D eigenvalue weighted by molar-refractivity contribution is -0.0165. The van der Waals surface area contributed by atoms with Crippen molar-refractivity contribution in [2.75, 3.05) is 39.8 Å². The van der Waals surface area contributed by atoms with Crippen LogP contribution in [0.4, 0.5) is 4.79 Å². The van der Waals surface area contributed by atoms with Gasteiger partial charge in [-0.1, -0.05) is 12.1 Å². The molecule has 3 aromatic rings. The summed E-state index contributed by atoms with van der Waals surface area (Å²) < 4.78 is 23.5. The summed E-state index contributed by atoms with van der Waals surface area (Å²) >= 11 is 5.79.